The minimum atomic E-state index is -0.805. The molecule has 7 nitrogen and oxygen atoms in total. The number of carbonyl (C=O) groups excluding carboxylic acids is 2. The highest BCUT2D eigenvalue weighted by molar-refractivity contribution is 5.95. The van der Waals surface area contributed by atoms with Crippen LogP contribution in [0.3, 0.4) is 0 Å². The van der Waals surface area contributed by atoms with Gasteiger partial charge in [0.25, 0.3) is 0 Å². The van der Waals surface area contributed by atoms with E-state index in [9.17, 15) is 14.5 Å². The third-order valence-corrected chi connectivity index (χ3v) is 5.34. The van der Waals surface area contributed by atoms with E-state index in [1.54, 1.807) is 17.0 Å². The van der Waals surface area contributed by atoms with E-state index in [0.717, 1.165) is 25.9 Å². The van der Waals surface area contributed by atoms with Crippen LogP contribution in [0.2, 0.25) is 0 Å². The number of hydrogen-bond donors (Lipinski definition) is 1. The summed E-state index contributed by atoms with van der Waals surface area (Å²) in [6.07, 6.45) is 6.44. The molecule has 0 aromatic heterocycles. The van der Waals surface area contributed by atoms with Crippen molar-refractivity contribution in [3.8, 4) is 0 Å². The number of rotatable bonds is 9. The Bertz CT molecular complexity index is 597. The van der Waals surface area contributed by atoms with Crippen molar-refractivity contribution >= 4 is 18.0 Å². The van der Waals surface area contributed by atoms with E-state index in [1.807, 2.05) is 0 Å². The van der Waals surface area contributed by atoms with Gasteiger partial charge in [-0.2, -0.15) is 0 Å². The average Bonchev–Trinajstić information content (AvgIpc) is 2.70. The second-order valence-electron chi connectivity index (χ2n) is 6.99. The van der Waals surface area contributed by atoms with Crippen molar-refractivity contribution in [2.75, 3.05) is 31.6 Å². The molecule has 0 heterocycles. The number of anilines is 1. The molecule has 1 saturated carbocycles. The van der Waals surface area contributed by atoms with Crippen LogP contribution in [-0.2, 0) is 4.79 Å². The zero-order chi connectivity index (χ0) is 18.9. The number of hydrogen-bond acceptors (Lipinski definition) is 5. The monoisotopic (exact) mass is 360 g/mol. The molecule has 2 N–H and O–H groups in total. The van der Waals surface area contributed by atoms with Crippen LogP contribution < -0.4 is 10.6 Å². The first-order valence-corrected chi connectivity index (χ1v) is 9.19. The number of nitrogens with zero attached hydrogens (tertiary/aromatic N) is 3. The van der Waals surface area contributed by atoms with Gasteiger partial charge in [0, 0.05) is 29.0 Å². The minimum Gasteiger partial charge on any atom is -0.330 e. The molecule has 0 bridgehead atoms. The maximum Gasteiger partial charge on any atom is 0.316 e. The fourth-order valence-electron chi connectivity index (χ4n) is 3.59. The van der Waals surface area contributed by atoms with Crippen LogP contribution in [0, 0.1) is 10.8 Å². The summed E-state index contributed by atoms with van der Waals surface area (Å²) in [5, 5.41) is 2.39. The van der Waals surface area contributed by atoms with Crippen LogP contribution in [0.25, 0.3) is 0 Å². The zero-order valence-corrected chi connectivity index (χ0v) is 15.3. The summed E-state index contributed by atoms with van der Waals surface area (Å²) in [4.78, 5) is 36.9. The van der Waals surface area contributed by atoms with Crippen molar-refractivity contribution in [3.05, 3.63) is 34.7 Å². The highest BCUT2D eigenvalue weighted by Crippen LogP contribution is 2.26. The van der Waals surface area contributed by atoms with Gasteiger partial charge in [0.1, 0.15) is 0 Å². The first kappa shape index (κ1) is 20.2. The molecule has 1 aliphatic rings. The van der Waals surface area contributed by atoms with Crippen molar-refractivity contribution in [1.29, 1.82) is 0 Å². The molecule has 1 aliphatic carbocycles. The SMILES string of the molecule is CN(CCCN(C=O)c1ccc(C(=O)N=O)cc1)C1CCC(CN)CC1. The third kappa shape index (κ3) is 5.44. The van der Waals surface area contributed by atoms with Gasteiger partial charge in [-0.3, -0.25) is 9.59 Å². The van der Waals surface area contributed by atoms with E-state index < -0.39 is 5.91 Å². The Hall–Kier alpha value is -2.12. The molecule has 0 spiro atoms. The lowest BCUT2D eigenvalue weighted by atomic mass is 9.85. The molecule has 2 amide bonds. The summed E-state index contributed by atoms with van der Waals surface area (Å²) in [5.41, 5.74) is 6.68. The molecule has 1 fully saturated rings. The molecule has 1 aromatic rings. The topological polar surface area (TPSA) is 96.1 Å². The molecule has 0 saturated heterocycles. The maximum atomic E-state index is 11.4. The molecule has 7 heteroatoms. The van der Waals surface area contributed by atoms with Crippen LogP contribution in [0.4, 0.5) is 5.69 Å². The Morgan fingerprint density at radius 2 is 1.85 bits per heavy atom. The molecule has 0 unspecified atom stereocenters. The Kier molecular flexibility index (Phi) is 7.87. The normalized spacial score (nSPS) is 20.0. The number of amides is 2. The van der Waals surface area contributed by atoms with Gasteiger partial charge in [0.05, 0.1) is 0 Å². The van der Waals surface area contributed by atoms with Crippen LogP contribution >= 0.6 is 0 Å². The van der Waals surface area contributed by atoms with Crippen molar-refractivity contribution in [2.45, 2.75) is 38.1 Å². The summed E-state index contributed by atoms with van der Waals surface area (Å²) in [6, 6.07) is 6.94. The largest absolute Gasteiger partial charge is 0.330 e. The Labute approximate surface area is 154 Å². The highest BCUT2D eigenvalue weighted by Gasteiger charge is 2.23. The molecule has 1 aromatic carbocycles. The fourth-order valence-corrected chi connectivity index (χ4v) is 3.59. The van der Waals surface area contributed by atoms with Gasteiger partial charge < -0.3 is 15.5 Å². The van der Waals surface area contributed by atoms with Crippen molar-refractivity contribution in [1.82, 2.24) is 4.90 Å². The molecule has 142 valence electrons. The second kappa shape index (κ2) is 10.1. The quantitative estimate of drug-likeness (QED) is 0.539. The lowest BCUT2D eigenvalue weighted by Gasteiger charge is -2.34. The third-order valence-electron chi connectivity index (χ3n) is 5.34. The van der Waals surface area contributed by atoms with Gasteiger partial charge in [0.15, 0.2) is 0 Å². The standard InChI is InChI=1S/C19H28N4O3/c1-22(17-7-3-15(13-20)4-8-17)11-2-12-23(14-24)18-9-5-16(6-10-18)19(25)21-26/h5-6,9-10,14-15,17H,2-4,7-8,11-13,20H2,1H3. The lowest BCUT2D eigenvalue weighted by molar-refractivity contribution is -0.107. The Balaban J connectivity index is 1.80. The van der Waals surface area contributed by atoms with Gasteiger partial charge >= 0.3 is 5.91 Å². The van der Waals surface area contributed by atoms with Gasteiger partial charge in [0.2, 0.25) is 6.41 Å². The number of nitroso groups, excluding NO2 is 1. The minimum absolute atomic E-state index is 0.224. The molecule has 0 aliphatic heterocycles. The van der Waals surface area contributed by atoms with E-state index in [0.29, 0.717) is 24.2 Å². The molecule has 0 atom stereocenters. The van der Waals surface area contributed by atoms with Crippen molar-refractivity contribution < 1.29 is 9.59 Å². The molecule has 2 rings (SSSR count). The number of carbonyl (C=O) groups is 2. The Morgan fingerprint density at radius 1 is 1.19 bits per heavy atom. The summed E-state index contributed by atoms with van der Waals surface area (Å²) in [6.45, 7) is 2.32. The van der Waals surface area contributed by atoms with E-state index in [4.69, 9.17) is 5.73 Å². The van der Waals surface area contributed by atoms with Gasteiger partial charge in [-0.1, -0.05) is 0 Å². The summed E-state index contributed by atoms with van der Waals surface area (Å²) >= 11 is 0. The van der Waals surface area contributed by atoms with E-state index >= 15 is 0 Å². The van der Waals surface area contributed by atoms with Crippen LogP contribution in [0.15, 0.2) is 29.4 Å². The lowest BCUT2D eigenvalue weighted by Crippen LogP contribution is -2.38. The van der Waals surface area contributed by atoms with Gasteiger partial charge in [-0.25, -0.2) is 0 Å². The van der Waals surface area contributed by atoms with Crippen LogP contribution in [0.5, 0.6) is 0 Å². The number of nitrogens with two attached hydrogens (primary N) is 1. The molecular weight excluding hydrogens is 332 g/mol. The average molecular weight is 360 g/mol. The Morgan fingerprint density at radius 3 is 2.38 bits per heavy atom. The highest BCUT2D eigenvalue weighted by atomic mass is 16.3. The van der Waals surface area contributed by atoms with E-state index in [1.165, 1.54) is 37.8 Å². The van der Waals surface area contributed by atoms with Crippen molar-refractivity contribution in [2.24, 2.45) is 16.8 Å². The summed E-state index contributed by atoms with van der Waals surface area (Å²) in [7, 11) is 2.14. The molecule has 0 radical (unpaired) electrons. The zero-order valence-electron chi connectivity index (χ0n) is 15.3. The van der Waals surface area contributed by atoms with Gasteiger partial charge in [-0.15, -0.1) is 4.91 Å². The van der Waals surface area contributed by atoms with E-state index in [-0.39, 0.29) is 5.56 Å². The van der Waals surface area contributed by atoms with Crippen LogP contribution in [-0.4, -0.2) is 49.9 Å². The van der Waals surface area contributed by atoms with Crippen LogP contribution in [0.1, 0.15) is 42.5 Å². The number of benzene rings is 1. The van der Waals surface area contributed by atoms with Crippen molar-refractivity contribution in [3.63, 3.8) is 0 Å². The molecular formula is C19H28N4O3. The predicted octanol–water partition coefficient (Wildman–Crippen LogP) is 2.40. The summed E-state index contributed by atoms with van der Waals surface area (Å²) in [5.74, 6) is -0.130. The smallest absolute Gasteiger partial charge is 0.316 e. The van der Waals surface area contributed by atoms with Gasteiger partial charge in [-0.05, 0) is 82.4 Å². The summed E-state index contributed by atoms with van der Waals surface area (Å²) < 4.78 is 0. The molecule has 26 heavy (non-hydrogen) atoms. The first-order valence-electron chi connectivity index (χ1n) is 9.19. The first-order chi connectivity index (χ1) is 12.6. The van der Waals surface area contributed by atoms with E-state index in [2.05, 4.69) is 17.1 Å². The predicted molar refractivity (Wildman–Crippen MR) is 102 cm³/mol. The maximum absolute atomic E-state index is 11.4. The fraction of sp³-hybridized carbons (Fsp3) is 0.579. The second-order valence-corrected chi connectivity index (χ2v) is 6.99.